The van der Waals surface area contributed by atoms with Gasteiger partial charge in [0.25, 0.3) is 0 Å². The standard InChI is InChI=1S/C23H34O2/c1-22(2,3)25-21-11-10-20-19-8-6-15-14-16(24-5)7-9-17(15)18(19)12-13-23(20,21)4/h7,9,14,18-21H,6,8,10-13H2,1-5H3/t18-,19+,20-,21-,23-/m0/s1. The molecule has 0 aliphatic heterocycles. The molecule has 1 aromatic rings. The zero-order valence-corrected chi connectivity index (χ0v) is 16.6. The molecule has 0 amide bonds. The lowest BCUT2D eigenvalue weighted by Gasteiger charge is -2.51. The molecule has 3 aliphatic rings. The highest BCUT2D eigenvalue weighted by atomic mass is 16.5. The third-order valence-electron chi connectivity index (χ3n) is 7.34. The van der Waals surface area contributed by atoms with E-state index in [4.69, 9.17) is 9.47 Å². The van der Waals surface area contributed by atoms with Crippen LogP contribution in [0.2, 0.25) is 0 Å². The van der Waals surface area contributed by atoms with E-state index in [-0.39, 0.29) is 5.60 Å². The third kappa shape index (κ3) is 2.91. The number of aryl methyl sites for hydroxylation is 1. The maximum absolute atomic E-state index is 6.53. The van der Waals surface area contributed by atoms with Crippen LogP contribution in [0.25, 0.3) is 0 Å². The molecule has 5 atom stereocenters. The molecule has 0 saturated heterocycles. The van der Waals surface area contributed by atoms with Crippen LogP contribution >= 0.6 is 0 Å². The number of fused-ring (bicyclic) bond motifs is 5. The monoisotopic (exact) mass is 342 g/mol. The molecule has 4 rings (SSSR count). The minimum atomic E-state index is -0.0326. The van der Waals surface area contributed by atoms with Crippen LogP contribution in [0.4, 0.5) is 0 Å². The van der Waals surface area contributed by atoms with Gasteiger partial charge in [0.2, 0.25) is 0 Å². The van der Waals surface area contributed by atoms with Gasteiger partial charge in [-0.1, -0.05) is 13.0 Å². The number of ether oxygens (including phenoxy) is 2. The lowest BCUT2D eigenvalue weighted by atomic mass is 9.55. The molecule has 0 spiro atoms. The number of hydrogen-bond acceptors (Lipinski definition) is 2. The summed E-state index contributed by atoms with van der Waals surface area (Å²) >= 11 is 0. The topological polar surface area (TPSA) is 18.5 Å². The van der Waals surface area contributed by atoms with E-state index in [0.29, 0.717) is 11.5 Å². The summed E-state index contributed by atoms with van der Waals surface area (Å²) in [5.74, 6) is 3.43. The molecule has 0 bridgehead atoms. The summed E-state index contributed by atoms with van der Waals surface area (Å²) in [5.41, 5.74) is 3.48. The second kappa shape index (κ2) is 6.01. The first kappa shape index (κ1) is 17.4. The lowest BCUT2D eigenvalue weighted by Crippen LogP contribution is -2.46. The van der Waals surface area contributed by atoms with Gasteiger partial charge in [-0.2, -0.15) is 0 Å². The summed E-state index contributed by atoms with van der Waals surface area (Å²) in [6.07, 6.45) is 8.22. The van der Waals surface area contributed by atoms with Crippen LogP contribution in [0.15, 0.2) is 18.2 Å². The van der Waals surface area contributed by atoms with Crippen molar-refractivity contribution in [2.75, 3.05) is 7.11 Å². The second-order valence-electron chi connectivity index (χ2n) is 9.82. The van der Waals surface area contributed by atoms with Gasteiger partial charge in [0.1, 0.15) is 5.75 Å². The van der Waals surface area contributed by atoms with Gasteiger partial charge < -0.3 is 9.47 Å². The van der Waals surface area contributed by atoms with E-state index in [1.165, 1.54) is 44.1 Å². The Hall–Kier alpha value is -1.02. The lowest BCUT2D eigenvalue weighted by molar-refractivity contribution is -0.125. The summed E-state index contributed by atoms with van der Waals surface area (Å²) < 4.78 is 12.0. The third-order valence-corrected chi connectivity index (χ3v) is 7.34. The molecule has 0 N–H and O–H groups in total. The van der Waals surface area contributed by atoms with E-state index in [0.717, 1.165) is 23.5 Å². The molecule has 0 heterocycles. The summed E-state index contributed by atoms with van der Waals surface area (Å²) in [6.45, 7) is 9.15. The SMILES string of the molecule is COc1ccc2c(c1)CC[C@@H]1[C@H]2CC[C@]2(C)[C@@H](OC(C)(C)C)CC[C@@H]12. The highest BCUT2D eigenvalue weighted by molar-refractivity contribution is 5.40. The van der Waals surface area contributed by atoms with Gasteiger partial charge in [0.05, 0.1) is 18.8 Å². The predicted octanol–water partition coefficient (Wildman–Crippen LogP) is 5.74. The van der Waals surface area contributed by atoms with Crippen molar-refractivity contribution >= 4 is 0 Å². The molecule has 2 heteroatoms. The molecule has 0 radical (unpaired) electrons. The molecule has 0 unspecified atom stereocenters. The normalized spacial score (nSPS) is 37.2. The number of rotatable bonds is 2. The van der Waals surface area contributed by atoms with Crippen LogP contribution in [0.3, 0.4) is 0 Å². The van der Waals surface area contributed by atoms with Crippen LogP contribution < -0.4 is 4.74 Å². The Morgan fingerprint density at radius 1 is 1.08 bits per heavy atom. The van der Waals surface area contributed by atoms with Crippen LogP contribution in [-0.4, -0.2) is 18.8 Å². The molecule has 0 aromatic heterocycles. The first-order chi connectivity index (χ1) is 11.8. The average Bonchev–Trinajstić information content (AvgIpc) is 2.89. The van der Waals surface area contributed by atoms with Gasteiger partial charge in [-0.25, -0.2) is 0 Å². The van der Waals surface area contributed by atoms with Crippen LogP contribution in [-0.2, 0) is 11.2 Å². The van der Waals surface area contributed by atoms with Crippen LogP contribution in [0, 0.1) is 17.3 Å². The highest BCUT2D eigenvalue weighted by Gasteiger charge is 2.55. The Kier molecular flexibility index (Phi) is 4.18. The molecular formula is C23H34O2. The number of benzene rings is 1. The summed E-state index contributed by atoms with van der Waals surface area (Å²) in [7, 11) is 1.77. The van der Waals surface area contributed by atoms with Crippen molar-refractivity contribution < 1.29 is 9.47 Å². The number of methoxy groups -OCH3 is 1. The van der Waals surface area contributed by atoms with Gasteiger partial charge in [-0.15, -0.1) is 0 Å². The fourth-order valence-electron chi connectivity index (χ4n) is 6.26. The second-order valence-corrected chi connectivity index (χ2v) is 9.82. The Morgan fingerprint density at radius 3 is 2.60 bits per heavy atom. The summed E-state index contributed by atoms with van der Waals surface area (Å²) in [4.78, 5) is 0. The van der Waals surface area contributed by atoms with E-state index >= 15 is 0 Å². The zero-order valence-electron chi connectivity index (χ0n) is 16.6. The van der Waals surface area contributed by atoms with Crippen LogP contribution in [0.5, 0.6) is 5.75 Å². The van der Waals surface area contributed by atoms with Crippen molar-refractivity contribution in [1.29, 1.82) is 0 Å². The van der Waals surface area contributed by atoms with Gasteiger partial charge in [0, 0.05) is 0 Å². The summed E-state index contributed by atoms with van der Waals surface area (Å²) in [5, 5.41) is 0. The summed E-state index contributed by atoms with van der Waals surface area (Å²) in [6, 6.07) is 6.79. The van der Waals surface area contributed by atoms with E-state index < -0.39 is 0 Å². The van der Waals surface area contributed by atoms with Crippen molar-refractivity contribution in [3.8, 4) is 5.75 Å². The highest BCUT2D eigenvalue weighted by Crippen LogP contribution is 2.62. The number of hydrogen-bond donors (Lipinski definition) is 0. The van der Waals surface area contributed by atoms with Gasteiger partial charge >= 0.3 is 0 Å². The quantitative estimate of drug-likeness (QED) is 0.683. The van der Waals surface area contributed by atoms with Crippen molar-refractivity contribution in [3.63, 3.8) is 0 Å². The molecule has 2 fully saturated rings. The maximum atomic E-state index is 6.53. The average molecular weight is 343 g/mol. The van der Waals surface area contributed by atoms with E-state index in [1.807, 2.05) is 0 Å². The van der Waals surface area contributed by atoms with E-state index in [2.05, 4.69) is 45.9 Å². The fraction of sp³-hybridized carbons (Fsp3) is 0.739. The first-order valence-electron chi connectivity index (χ1n) is 10.2. The zero-order chi connectivity index (χ0) is 17.8. The Morgan fingerprint density at radius 2 is 1.88 bits per heavy atom. The van der Waals surface area contributed by atoms with E-state index in [9.17, 15) is 0 Å². The smallest absolute Gasteiger partial charge is 0.119 e. The molecule has 25 heavy (non-hydrogen) atoms. The molecule has 2 saturated carbocycles. The molecule has 3 aliphatic carbocycles. The van der Waals surface area contributed by atoms with Crippen molar-refractivity contribution in [3.05, 3.63) is 29.3 Å². The molecule has 1 aromatic carbocycles. The van der Waals surface area contributed by atoms with E-state index in [1.54, 1.807) is 12.7 Å². The van der Waals surface area contributed by atoms with Crippen LogP contribution in [0.1, 0.15) is 76.8 Å². The minimum Gasteiger partial charge on any atom is -0.497 e. The maximum Gasteiger partial charge on any atom is 0.119 e. The first-order valence-corrected chi connectivity index (χ1v) is 10.2. The van der Waals surface area contributed by atoms with Crippen molar-refractivity contribution in [2.45, 2.75) is 83.8 Å². The predicted molar refractivity (Wildman–Crippen MR) is 102 cm³/mol. The minimum absolute atomic E-state index is 0.0326. The Bertz CT molecular complexity index is 644. The fourth-order valence-corrected chi connectivity index (χ4v) is 6.26. The Balaban J connectivity index is 1.60. The van der Waals surface area contributed by atoms with Crippen molar-refractivity contribution in [1.82, 2.24) is 0 Å². The van der Waals surface area contributed by atoms with Gasteiger partial charge in [0.15, 0.2) is 0 Å². The Labute approximate surface area is 153 Å². The largest absolute Gasteiger partial charge is 0.497 e. The molecule has 138 valence electrons. The molecular weight excluding hydrogens is 308 g/mol. The molecule has 2 nitrogen and oxygen atoms in total. The van der Waals surface area contributed by atoms with Gasteiger partial charge in [-0.3, -0.25) is 0 Å². The van der Waals surface area contributed by atoms with Gasteiger partial charge in [-0.05, 0) is 106 Å². The van der Waals surface area contributed by atoms with Crippen molar-refractivity contribution in [2.24, 2.45) is 17.3 Å².